The number of carbonyl (C=O) groups excluding carboxylic acids is 1. The predicted molar refractivity (Wildman–Crippen MR) is 77.6 cm³/mol. The van der Waals surface area contributed by atoms with Crippen molar-refractivity contribution in [2.45, 2.75) is 19.3 Å². The molecule has 0 fully saturated rings. The third-order valence-electron chi connectivity index (χ3n) is 2.81. The molecule has 0 radical (unpaired) electrons. The number of para-hydroxylation sites is 1. The maximum Gasteiger partial charge on any atom is 0.226 e. The van der Waals surface area contributed by atoms with Crippen LogP contribution in [0.2, 0.25) is 0 Å². The van der Waals surface area contributed by atoms with Gasteiger partial charge in [0.15, 0.2) is 0 Å². The number of aromatic nitrogens is 4. The fraction of sp³-hybridized carbons (Fsp3) is 0.231. The van der Waals surface area contributed by atoms with Crippen molar-refractivity contribution in [3.8, 4) is 0 Å². The van der Waals surface area contributed by atoms with Crippen LogP contribution in [-0.2, 0) is 11.2 Å². The molecule has 0 saturated carbocycles. The summed E-state index contributed by atoms with van der Waals surface area (Å²) in [5.74, 6) is 0.317. The van der Waals surface area contributed by atoms with E-state index in [-0.39, 0.29) is 5.91 Å². The number of H-pyrrole nitrogens is 1. The summed E-state index contributed by atoms with van der Waals surface area (Å²) in [5, 5.41) is 9.98. The Balaban J connectivity index is 1.51. The molecule has 2 aromatic heterocycles. The maximum atomic E-state index is 11.7. The molecule has 0 spiro atoms. The van der Waals surface area contributed by atoms with Gasteiger partial charge in [0.2, 0.25) is 11.9 Å². The number of amides is 1. The number of thiazole rings is 1. The Bertz CT molecular complexity index is 673. The zero-order chi connectivity index (χ0) is 13.8. The molecule has 0 unspecified atom stereocenters. The van der Waals surface area contributed by atoms with Crippen molar-refractivity contribution in [1.82, 2.24) is 20.2 Å². The molecule has 0 bridgehead atoms. The van der Waals surface area contributed by atoms with Crippen molar-refractivity contribution in [2.75, 3.05) is 5.32 Å². The molecule has 0 aliphatic rings. The largest absolute Gasteiger partial charge is 0.295 e. The monoisotopic (exact) mass is 287 g/mol. The van der Waals surface area contributed by atoms with E-state index in [4.69, 9.17) is 0 Å². The van der Waals surface area contributed by atoms with E-state index in [1.165, 1.54) is 11.0 Å². The molecule has 2 heterocycles. The molecular formula is C13H13N5OS. The van der Waals surface area contributed by atoms with Gasteiger partial charge in [0.05, 0.1) is 15.2 Å². The topological polar surface area (TPSA) is 83.6 Å². The Labute approximate surface area is 119 Å². The van der Waals surface area contributed by atoms with Crippen LogP contribution in [0, 0.1) is 0 Å². The number of aryl methyl sites for hydroxylation is 1. The first-order chi connectivity index (χ1) is 9.81. The van der Waals surface area contributed by atoms with Gasteiger partial charge in [-0.3, -0.25) is 10.1 Å². The van der Waals surface area contributed by atoms with Crippen molar-refractivity contribution in [1.29, 1.82) is 0 Å². The van der Waals surface area contributed by atoms with Gasteiger partial charge in [0.1, 0.15) is 6.33 Å². The van der Waals surface area contributed by atoms with E-state index in [0.717, 1.165) is 23.4 Å². The van der Waals surface area contributed by atoms with Crippen molar-refractivity contribution in [2.24, 2.45) is 0 Å². The molecule has 1 amide bonds. The summed E-state index contributed by atoms with van der Waals surface area (Å²) in [6.07, 6.45) is 3.37. The molecule has 6 nitrogen and oxygen atoms in total. The van der Waals surface area contributed by atoms with E-state index in [2.05, 4.69) is 31.5 Å². The zero-order valence-electron chi connectivity index (χ0n) is 10.7. The van der Waals surface area contributed by atoms with Gasteiger partial charge in [-0.25, -0.2) is 10.1 Å². The molecule has 7 heteroatoms. The number of benzene rings is 1. The maximum absolute atomic E-state index is 11.7. The number of aromatic amines is 1. The third-order valence-corrected chi connectivity index (χ3v) is 3.90. The number of hydrogen-bond acceptors (Lipinski definition) is 5. The Kier molecular flexibility index (Phi) is 3.69. The quantitative estimate of drug-likeness (QED) is 0.754. The minimum Gasteiger partial charge on any atom is -0.295 e. The molecule has 0 atom stereocenters. The van der Waals surface area contributed by atoms with Crippen LogP contribution in [0.5, 0.6) is 0 Å². The molecule has 0 aliphatic heterocycles. The normalized spacial score (nSPS) is 10.8. The molecule has 0 aliphatic carbocycles. The van der Waals surface area contributed by atoms with Gasteiger partial charge in [-0.05, 0) is 25.0 Å². The first-order valence-corrected chi connectivity index (χ1v) is 7.12. The summed E-state index contributed by atoms with van der Waals surface area (Å²) in [4.78, 5) is 20.0. The first-order valence-electron chi connectivity index (χ1n) is 6.31. The lowest BCUT2D eigenvalue weighted by Crippen LogP contribution is -2.12. The molecule has 3 aromatic rings. The number of hydrogen-bond donors (Lipinski definition) is 2. The van der Waals surface area contributed by atoms with Gasteiger partial charge in [0, 0.05) is 6.42 Å². The van der Waals surface area contributed by atoms with Crippen LogP contribution in [0.3, 0.4) is 0 Å². The van der Waals surface area contributed by atoms with E-state index in [0.29, 0.717) is 12.4 Å². The fourth-order valence-electron chi connectivity index (χ4n) is 1.89. The minimum atomic E-state index is -0.0668. The number of carbonyl (C=O) groups is 1. The predicted octanol–water partition coefficient (Wildman–Crippen LogP) is 2.38. The Morgan fingerprint density at radius 1 is 1.35 bits per heavy atom. The second-order valence-corrected chi connectivity index (χ2v) is 5.43. The van der Waals surface area contributed by atoms with Gasteiger partial charge in [-0.1, -0.05) is 12.1 Å². The number of rotatable bonds is 5. The average Bonchev–Trinajstić information content (AvgIpc) is 3.07. The highest BCUT2D eigenvalue weighted by atomic mass is 32.1. The van der Waals surface area contributed by atoms with Gasteiger partial charge in [0.25, 0.3) is 0 Å². The number of nitrogens with one attached hydrogen (secondary N) is 2. The average molecular weight is 287 g/mol. The fourth-order valence-corrected chi connectivity index (χ4v) is 2.90. The smallest absolute Gasteiger partial charge is 0.226 e. The van der Waals surface area contributed by atoms with Gasteiger partial charge >= 0.3 is 0 Å². The van der Waals surface area contributed by atoms with Crippen LogP contribution >= 0.6 is 11.3 Å². The number of anilines is 1. The highest BCUT2D eigenvalue weighted by Crippen LogP contribution is 2.22. The summed E-state index contributed by atoms with van der Waals surface area (Å²) in [6, 6.07) is 8.06. The lowest BCUT2D eigenvalue weighted by atomic mass is 10.2. The van der Waals surface area contributed by atoms with E-state index in [1.807, 2.05) is 18.2 Å². The van der Waals surface area contributed by atoms with Crippen molar-refractivity contribution in [3.63, 3.8) is 0 Å². The molecule has 102 valence electrons. The Hall–Kier alpha value is -2.28. The lowest BCUT2D eigenvalue weighted by Gasteiger charge is -1.99. The number of fused-ring (bicyclic) bond motifs is 1. The van der Waals surface area contributed by atoms with Crippen LogP contribution in [0.4, 0.5) is 5.95 Å². The summed E-state index contributed by atoms with van der Waals surface area (Å²) in [5.41, 5.74) is 1.03. The minimum absolute atomic E-state index is 0.0668. The summed E-state index contributed by atoms with van der Waals surface area (Å²) in [6.45, 7) is 0. The van der Waals surface area contributed by atoms with Crippen molar-refractivity contribution in [3.05, 3.63) is 35.6 Å². The van der Waals surface area contributed by atoms with Crippen molar-refractivity contribution < 1.29 is 4.79 Å². The van der Waals surface area contributed by atoms with Crippen molar-refractivity contribution >= 4 is 33.4 Å². The first kappa shape index (κ1) is 12.7. The van der Waals surface area contributed by atoms with Crippen LogP contribution in [-0.4, -0.2) is 26.1 Å². The standard InChI is InChI=1S/C13H13N5OS/c19-11(17-13-14-8-15-18-13)6-3-7-12-16-9-4-1-2-5-10(9)20-12/h1-2,4-5,8H,3,6-7H2,(H2,14,15,17,18,19). The summed E-state index contributed by atoms with van der Waals surface area (Å²) < 4.78 is 1.19. The van der Waals surface area contributed by atoms with Crippen LogP contribution in [0.25, 0.3) is 10.2 Å². The van der Waals surface area contributed by atoms with Gasteiger partial charge in [-0.15, -0.1) is 11.3 Å². The van der Waals surface area contributed by atoms with Gasteiger partial charge in [-0.2, -0.15) is 10.1 Å². The van der Waals surface area contributed by atoms with Gasteiger partial charge < -0.3 is 0 Å². The third kappa shape index (κ3) is 3.00. The highest BCUT2D eigenvalue weighted by molar-refractivity contribution is 7.18. The van der Waals surface area contributed by atoms with Crippen LogP contribution in [0.15, 0.2) is 30.6 Å². The van der Waals surface area contributed by atoms with E-state index in [9.17, 15) is 4.79 Å². The highest BCUT2D eigenvalue weighted by Gasteiger charge is 2.06. The SMILES string of the molecule is O=C(CCCc1nc2ccccc2s1)Nc1ncn[nH]1. The van der Waals surface area contributed by atoms with E-state index in [1.54, 1.807) is 11.3 Å². The molecule has 20 heavy (non-hydrogen) atoms. The van der Waals surface area contributed by atoms with E-state index >= 15 is 0 Å². The molecular weight excluding hydrogens is 274 g/mol. The molecule has 1 aromatic carbocycles. The van der Waals surface area contributed by atoms with E-state index < -0.39 is 0 Å². The second kappa shape index (κ2) is 5.79. The summed E-state index contributed by atoms with van der Waals surface area (Å²) >= 11 is 1.68. The van der Waals surface area contributed by atoms with Crippen LogP contribution in [0.1, 0.15) is 17.8 Å². The molecule has 3 rings (SSSR count). The Morgan fingerprint density at radius 2 is 2.25 bits per heavy atom. The number of nitrogens with zero attached hydrogens (tertiary/aromatic N) is 3. The zero-order valence-corrected chi connectivity index (χ0v) is 11.5. The lowest BCUT2D eigenvalue weighted by molar-refractivity contribution is -0.116. The Morgan fingerprint density at radius 3 is 3.05 bits per heavy atom. The summed E-state index contributed by atoms with van der Waals surface area (Å²) in [7, 11) is 0. The molecule has 2 N–H and O–H groups in total. The molecule has 0 saturated heterocycles. The van der Waals surface area contributed by atoms with Crippen LogP contribution < -0.4 is 5.32 Å². The second-order valence-electron chi connectivity index (χ2n) is 4.31.